The molecule has 0 saturated carbocycles. The monoisotopic (exact) mass is 179 g/mol. The Morgan fingerprint density at radius 2 is 2.38 bits per heavy atom. The van der Waals surface area contributed by atoms with Crippen LogP contribution < -0.4 is 10.6 Å². The summed E-state index contributed by atoms with van der Waals surface area (Å²) in [6.07, 6.45) is 0. The van der Waals surface area contributed by atoms with Crippen LogP contribution in [-0.4, -0.2) is 24.3 Å². The minimum Gasteiger partial charge on any atom is -0.395 e. The lowest BCUT2D eigenvalue weighted by molar-refractivity contribution is 0.249. The van der Waals surface area contributed by atoms with Crippen LogP contribution in [0.15, 0.2) is 24.3 Å². The number of anilines is 1. The van der Waals surface area contributed by atoms with Crippen molar-refractivity contribution in [3.05, 3.63) is 30.3 Å². The van der Waals surface area contributed by atoms with Crippen LogP contribution in [-0.2, 0) is 0 Å². The number of amides is 2. The van der Waals surface area contributed by atoms with E-state index in [-0.39, 0.29) is 13.2 Å². The van der Waals surface area contributed by atoms with Crippen LogP contribution >= 0.6 is 0 Å². The molecule has 2 amide bonds. The van der Waals surface area contributed by atoms with Gasteiger partial charge in [-0.25, -0.2) is 4.79 Å². The maximum absolute atomic E-state index is 10.9. The fourth-order valence-electron chi connectivity index (χ4n) is 1.00. The Morgan fingerprint density at radius 1 is 1.62 bits per heavy atom. The molecule has 1 aromatic rings. The molecule has 0 aliphatic rings. The molecule has 0 atom stereocenters. The molecule has 1 aromatic carbocycles. The van der Waals surface area contributed by atoms with Gasteiger partial charge in [-0.15, -0.1) is 0 Å². The fraction of sp³-hybridized carbons (Fsp3) is 0.222. The molecule has 3 N–H and O–H groups in total. The van der Waals surface area contributed by atoms with Crippen LogP contribution in [0.5, 0.6) is 0 Å². The summed E-state index contributed by atoms with van der Waals surface area (Å²) >= 11 is 0. The van der Waals surface area contributed by atoms with Crippen molar-refractivity contribution < 1.29 is 9.90 Å². The quantitative estimate of drug-likeness (QED) is 0.703. The molecule has 4 heteroatoms. The number of carbonyl (C=O) groups excluding carboxylic acids is 1. The van der Waals surface area contributed by atoms with Gasteiger partial charge in [-0.1, -0.05) is 18.2 Å². The first-order valence-corrected chi connectivity index (χ1v) is 3.90. The zero-order valence-corrected chi connectivity index (χ0v) is 7.10. The van der Waals surface area contributed by atoms with Crippen molar-refractivity contribution in [1.29, 1.82) is 0 Å². The summed E-state index contributed by atoms with van der Waals surface area (Å²) < 4.78 is 0. The first-order chi connectivity index (χ1) is 6.25. The van der Waals surface area contributed by atoms with Gasteiger partial charge in [0.25, 0.3) is 0 Å². The molecule has 0 bridgehead atoms. The third-order valence-electron chi connectivity index (χ3n) is 1.57. The van der Waals surface area contributed by atoms with Crippen molar-refractivity contribution in [2.75, 3.05) is 18.1 Å². The Kier molecular flexibility index (Phi) is 3.28. The number of benzene rings is 1. The molecule has 4 nitrogen and oxygen atoms in total. The minimum absolute atomic E-state index is 0.119. The molecule has 1 radical (unpaired) electrons. The number of carbonyl (C=O) groups is 1. The zero-order chi connectivity index (χ0) is 9.68. The second kappa shape index (κ2) is 4.47. The van der Waals surface area contributed by atoms with E-state index in [1.807, 2.05) is 0 Å². The Bertz CT molecular complexity index is 274. The number of para-hydroxylation sites is 1. The average Bonchev–Trinajstić information content (AvgIpc) is 2.15. The minimum atomic E-state index is -0.587. The molecule has 0 aliphatic heterocycles. The lowest BCUT2D eigenvalue weighted by Gasteiger charge is -2.18. The first-order valence-electron chi connectivity index (χ1n) is 3.90. The molecule has 1 rings (SSSR count). The standard InChI is InChI=1S/C9H11N2O2/c10-9(13)11(6-7-12)8-4-2-1-3-5-8/h1-4,12H,6-7H2,(H2,10,13). The summed E-state index contributed by atoms with van der Waals surface area (Å²) in [5, 5.41) is 8.68. The van der Waals surface area contributed by atoms with Crippen LogP contribution in [0.3, 0.4) is 0 Å². The van der Waals surface area contributed by atoms with E-state index in [9.17, 15) is 4.79 Å². The van der Waals surface area contributed by atoms with Crippen molar-refractivity contribution in [2.45, 2.75) is 0 Å². The molecule has 0 unspecified atom stereocenters. The molecule has 0 saturated heterocycles. The van der Waals surface area contributed by atoms with Gasteiger partial charge in [-0.2, -0.15) is 0 Å². The Balaban J connectivity index is 2.82. The highest BCUT2D eigenvalue weighted by molar-refractivity contribution is 5.90. The lowest BCUT2D eigenvalue weighted by atomic mass is 10.3. The van der Waals surface area contributed by atoms with Crippen molar-refractivity contribution in [3.8, 4) is 0 Å². The molecular weight excluding hydrogens is 168 g/mol. The first kappa shape index (κ1) is 9.54. The van der Waals surface area contributed by atoms with Gasteiger partial charge >= 0.3 is 6.03 Å². The number of rotatable bonds is 3. The second-order valence-corrected chi connectivity index (χ2v) is 2.46. The number of nitrogens with two attached hydrogens (primary N) is 1. The molecule has 0 spiro atoms. The van der Waals surface area contributed by atoms with E-state index in [0.717, 1.165) is 0 Å². The van der Waals surface area contributed by atoms with E-state index in [4.69, 9.17) is 10.8 Å². The molecule has 0 heterocycles. The Morgan fingerprint density at radius 3 is 2.85 bits per heavy atom. The van der Waals surface area contributed by atoms with E-state index in [1.54, 1.807) is 24.3 Å². The van der Waals surface area contributed by atoms with Gasteiger partial charge in [0.15, 0.2) is 0 Å². The number of primary amides is 1. The normalized spacial score (nSPS) is 9.62. The maximum atomic E-state index is 10.9. The van der Waals surface area contributed by atoms with Crippen LogP contribution in [0.4, 0.5) is 10.5 Å². The predicted molar refractivity (Wildman–Crippen MR) is 49.3 cm³/mol. The molecule has 0 fully saturated rings. The summed E-state index contributed by atoms with van der Waals surface area (Å²) in [6.45, 7) is 0.0710. The highest BCUT2D eigenvalue weighted by Gasteiger charge is 2.10. The summed E-state index contributed by atoms with van der Waals surface area (Å²) in [5.74, 6) is 0. The van der Waals surface area contributed by atoms with E-state index in [2.05, 4.69) is 6.07 Å². The van der Waals surface area contributed by atoms with Crippen molar-refractivity contribution in [3.63, 3.8) is 0 Å². The van der Waals surface area contributed by atoms with Gasteiger partial charge in [0, 0.05) is 6.07 Å². The predicted octanol–water partition coefficient (Wildman–Crippen LogP) is 0.364. The number of aliphatic hydroxyl groups is 1. The molecule has 69 valence electrons. The molecule has 0 aliphatic carbocycles. The molecular formula is C9H11N2O2. The van der Waals surface area contributed by atoms with Crippen molar-refractivity contribution >= 4 is 11.7 Å². The number of urea groups is 1. The Hall–Kier alpha value is -1.55. The van der Waals surface area contributed by atoms with Crippen LogP contribution in [0, 0.1) is 6.07 Å². The topological polar surface area (TPSA) is 66.6 Å². The van der Waals surface area contributed by atoms with E-state index in [1.165, 1.54) is 4.90 Å². The van der Waals surface area contributed by atoms with E-state index in [0.29, 0.717) is 5.69 Å². The Labute approximate surface area is 76.6 Å². The SMILES string of the molecule is NC(=O)N(CCO)c1[c]cccc1. The largest absolute Gasteiger partial charge is 0.395 e. The summed E-state index contributed by atoms with van der Waals surface area (Å²) in [7, 11) is 0. The number of hydrogen-bond acceptors (Lipinski definition) is 2. The van der Waals surface area contributed by atoms with Gasteiger partial charge in [-0.05, 0) is 6.07 Å². The van der Waals surface area contributed by atoms with E-state index < -0.39 is 6.03 Å². The van der Waals surface area contributed by atoms with Crippen LogP contribution in [0.1, 0.15) is 0 Å². The summed E-state index contributed by atoms with van der Waals surface area (Å²) in [4.78, 5) is 12.2. The summed E-state index contributed by atoms with van der Waals surface area (Å²) in [5.41, 5.74) is 5.68. The van der Waals surface area contributed by atoms with Gasteiger partial charge in [0.1, 0.15) is 0 Å². The second-order valence-electron chi connectivity index (χ2n) is 2.46. The molecule has 0 aromatic heterocycles. The van der Waals surface area contributed by atoms with Gasteiger partial charge in [0.05, 0.1) is 18.8 Å². The smallest absolute Gasteiger partial charge is 0.319 e. The molecule has 13 heavy (non-hydrogen) atoms. The third kappa shape index (κ3) is 2.45. The number of nitrogens with zero attached hydrogens (tertiary/aromatic N) is 1. The van der Waals surface area contributed by atoms with Gasteiger partial charge in [0.2, 0.25) is 0 Å². The fourth-order valence-corrected chi connectivity index (χ4v) is 1.00. The van der Waals surface area contributed by atoms with Crippen LogP contribution in [0.2, 0.25) is 0 Å². The van der Waals surface area contributed by atoms with Gasteiger partial charge in [-0.3, -0.25) is 4.90 Å². The van der Waals surface area contributed by atoms with Gasteiger partial charge < -0.3 is 10.8 Å². The number of aliphatic hydroxyl groups excluding tert-OH is 1. The highest BCUT2D eigenvalue weighted by atomic mass is 16.3. The maximum Gasteiger partial charge on any atom is 0.319 e. The highest BCUT2D eigenvalue weighted by Crippen LogP contribution is 2.10. The lowest BCUT2D eigenvalue weighted by Crippen LogP contribution is -2.37. The van der Waals surface area contributed by atoms with E-state index >= 15 is 0 Å². The third-order valence-corrected chi connectivity index (χ3v) is 1.57. The average molecular weight is 179 g/mol. The zero-order valence-electron chi connectivity index (χ0n) is 7.10. The summed E-state index contributed by atoms with van der Waals surface area (Å²) in [6, 6.07) is 9.22. The van der Waals surface area contributed by atoms with Crippen molar-refractivity contribution in [2.24, 2.45) is 5.73 Å². The van der Waals surface area contributed by atoms with Crippen LogP contribution in [0.25, 0.3) is 0 Å². The van der Waals surface area contributed by atoms with Crippen molar-refractivity contribution in [1.82, 2.24) is 0 Å². The number of hydrogen-bond donors (Lipinski definition) is 2.